The molecule has 1 aromatic rings. The van der Waals surface area contributed by atoms with Crippen molar-refractivity contribution in [1.82, 2.24) is 0 Å². The maximum atomic E-state index is 12.9. The Morgan fingerprint density at radius 1 is 1.29 bits per heavy atom. The number of hydrogen-bond donors (Lipinski definition) is 0. The van der Waals surface area contributed by atoms with Crippen molar-refractivity contribution in [2.45, 2.75) is 30.6 Å². The minimum absolute atomic E-state index is 0.290. The van der Waals surface area contributed by atoms with Gasteiger partial charge in [0.25, 0.3) is 0 Å². The van der Waals surface area contributed by atoms with E-state index in [1.165, 1.54) is 26.0 Å². The highest BCUT2D eigenvalue weighted by Crippen LogP contribution is 2.37. The Kier molecular flexibility index (Phi) is 6.10. The van der Waals surface area contributed by atoms with E-state index in [1.807, 2.05) is 0 Å². The van der Waals surface area contributed by atoms with Crippen LogP contribution in [0.2, 0.25) is 0 Å². The van der Waals surface area contributed by atoms with Crippen LogP contribution in [0.1, 0.15) is 25.0 Å². The van der Waals surface area contributed by atoms with Crippen molar-refractivity contribution >= 4 is 25.8 Å². The van der Waals surface area contributed by atoms with Gasteiger partial charge in [0.2, 0.25) is 0 Å². The average Bonchev–Trinajstić information content (AvgIpc) is 2.37. The van der Waals surface area contributed by atoms with Crippen molar-refractivity contribution in [3.05, 3.63) is 29.3 Å². The van der Waals surface area contributed by atoms with Crippen molar-refractivity contribution in [2.75, 3.05) is 12.4 Å². The Morgan fingerprint density at radius 2 is 1.90 bits per heavy atom. The minimum atomic E-state index is -4.55. The summed E-state index contributed by atoms with van der Waals surface area (Å²) in [5.74, 6) is -0.673. The van der Waals surface area contributed by atoms with Crippen LogP contribution in [0.15, 0.2) is 18.2 Å². The van der Waals surface area contributed by atoms with E-state index in [2.05, 4.69) is 15.9 Å². The van der Waals surface area contributed by atoms with E-state index < -0.39 is 26.8 Å². The van der Waals surface area contributed by atoms with Gasteiger partial charge in [-0.25, -0.2) is 8.42 Å². The van der Waals surface area contributed by atoms with Gasteiger partial charge in [-0.2, -0.15) is 13.2 Å². The number of rotatable bonds is 6. The summed E-state index contributed by atoms with van der Waals surface area (Å²) in [6.45, 7) is 2.72. The van der Waals surface area contributed by atoms with Crippen LogP contribution < -0.4 is 4.74 Å². The smallest absolute Gasteiger partial charge is 0.419 e. The first-order valence-corrected chi connectivity index (χ1v) is 9.02. The second-order valence-electron chi connectivity index (χ2n) is 4.73. The van der Waals surface area contributed by atoms with E-state index in [4.69, 9.17) is 4.74 Å². The van der Waals surface area contributed by atoms with Crippen LogP contribution in [0, 0.1) is 0 Å². The van der Waals surface area contributed by atoms with Crippen molar-refractivity contribution in [3.63, 3.8) is 0 Å². The number of hydrogen-bond acceptors (Lipinski definition) is 3. The molecule has 0 aliphatic rings. The van der Waals surface area contributed by atoms with Crippen LogP contribution in [0.25, 0.3) is 0 Å². The summed E-state index contributed by atoms with van der Waals surface area (Å²) < 4.78 is 67.0. The van der Waals surface area contributed by atoms with Gasteiger partial charge >= 0.3 is 6.18 Å². The van der Waals surface area contributed by atoms with Gasteiger partial charge in [-0.1, -0.05) is 22.0 Å². The first-order valence-electron chi connectivity index (χ1n) is 6.18. The highest BCUT2D eigenvalue weighted by atomic mass is 79.9. The van der Waals surface area contributed by atoms with E-state index in [0.717, 1.165) is 6.07 Å². The lowest BCUT2D eigenvalue weighted by Gasteiger charge is -2.15. The van der Waals surface area contributed by atoms with Crippen LogP contribution in [0.4, 0.5) is 13.2 Å². The Bertz CT molecular complexity index is 583. The third-order valence-corrected chi connectivity index (χ3v) is 5.67. The molecule has 0 aromatic heterocycles. The summed E-state index contributed by atoms with van der Waals surface area (Å²) in [6, 6.07) is 3.69. The lowest BCUT2D eigenvalue weighted by Crippen LogP contribution is -2.22. The van der Waals surface area contributed by atoms with Gasteiger partial charge in [0.15, 0.2) is 9.84 Å². The van der Waals surface area contributed by atoms with Gasteiger partial charge in [-0.15, -0.1) is 0 Å². The van der Waals surface area contributed by atoms with Crippen LogP contribution >= 0.6 is 15.9 Å². The number of alkyl halides is 4. The molecule has 21 heavy (non-hydrogen) atoms. The number of ether oxygens (including phenoxy) is 1. The first-order chi connectivity index (χ1) is 9.58. The molecule has 8 heteroatoms. The fourth-order valence-corrected chi connectivity index (χ4v) is 2.65. The lowest BCUT2D eigenvalue weighted by atomic mass is 10.1. The van der Waals surface area contributed by atoms with Gasteiger partial charge in [0.1, 0.15) is 12.4 Å². The van der Waals surface area contributed by atoms with Crippen molar-refractivity contribution in [3.8, 4) is 5.75 Å². The molecule has 0 atom stereocenters. The van der Waals surface area contributed by atoms with E-state index >= 15 is 0 Å². The highest BCUT2D eigenvalue weighted by molar-refractivity contribution is 9.08. The average molecular weight is 389 g/mol. The number of sulfone groups is 1. The zero-order valence-corrected chi connectivity index (χ0v) is 14.0. The van der Waals surface area contributed by atoms with Crippen molar-refractivity contribution in [2.24, 2.45) is 0 Å². The fourth-order valence-electron chi connectivity index (χ4n) is 1.51. The molecule has 1 rings (SSSR count). The topological polar surface area (TPSA) is 43.4 Å². The van der Waals surface area contributed by atoms with Crippen LogP contribution in [-0.4, -0.2) is 26.0 Å². The summed E-state index contributed by atoms with van der Waals surface area (Å²) in [5.41, 5.74) is -0.439. The molecule has 120 valence electrons. The monoisotopic (exact) mass is 388 g/mol. The zero-order valence-electron chi connectivity index (χ0n) is 11.6. The standard InChI is InChI=1S/C13H16BrF3O3S/c1-9(2)21(18,19)6-5-20-12-4-3-10(8-14)7-11(12)13(15,16)17/h3-4,7,9H,5-6,8H2,1-2H3. The van der Waals surface area contributed by atoms with Gasteiger partial charge in [0, 0.05) is 5.33 Å². The second kappa shape index (κ2) is 7.00. The molecule has 0 saturated heterocycles. The Labute approximate surface area is 130 Å². The first kappa shape index (κ1) is 18.3. The molecule has 0 unspecified atom stereocenters. The molecular weight excluding hydrogens is 373 g/mol. The van der Waals surface area contributed by atoms with Gasteiger partial charge in [0.05, 0.1) is 16.6 Å². The van der Waals surface area contributed by atoms with Gasteiger partial charge < -0.3 is 4.74 Å². The van der Waals surface area contributed by atoms with Crippen LogP contribution in [0.3, 0.4) is 0 Å². The fraction of sp³-hybridized carbons (Fsp3) is 0.538. The molecule has 0 radical (unpaired) electrons. The third-order valence-electron chi connectivity index (χ3n) is 2.85. The summed E-state index contributed by atoms with van der Waals surface area (Å²) in [4.78, 5) is 0. The summed E-state index contributed by atoms with van der Waals surface area (Å²) >= 11 is 3.09. The molecule has 0 fully saturated rings. The van der Waals surface area contributed by atoms with Crippen LogP contribution in [0.5, 0.6) is 5.75 Å². The van der Waals surface area contributed by atoms with E-state index in [0.29, 0.717) is 5.56 Å². The van der Waals surface area contributed by atoms with Gasteiger partial charge in [-0.05, 0) is 31.5 Å². The minimum Gasteiger partial charge on any atom is -0.492 e. The molecule has 0 N–H and O–H groups in total. The van der Waals surface area contributed by atoms with Crippen molar-refractivity contribution < 1.29 is 26.3 Å². The maximum Gasteiger partial charge on any atom is 0.419 e. The summed E-state index contributed by atoms with van der Waals surface area (Å²) in [7, 11) is -3.34. The normalized spacial score (nSPS) is 12.7. The summed E-state index contributed by atoms with van der Waals surface area (Å²) in [6.07, 6.45) is -4.55. The highest BCUT2D eigenvalue weighted by Gasteiger charge is 2.34. The van der Waals surface area contributed by atoms with Gasteiger partial charge in [-0.3, -0.25) is 0 Å². The Morgan fingerprint density at radius 3 is 2.38 bits per heavy atom. The summed E-state index contributed by atoms with van der Waals surface area (Å²) in [5, 5.41) is -0.295. The largest absolute Gasteiger partial charge is 0.492 e. The van der Waals surface area contributed by atoms with Crippen molar-refractivity contribution in [1.29, 1.82) is 0 Å². The molecule has 0 aliphatic heterocycles. The molecule has 0 saturated carbocycles. The molecule has 0 amide bonds. The molecular formula is C13H16BrF3O3S. The molecule has 0 heterocycles. The lowest BCUT2D eigenvalue weighted by molar-refractivity contribution is -0.138. The number of benzene rings is 1. The van der Waals surface area contributed by atoms with E-state index in [1.54, 1.807) is 0 Å². The maximum absolute atomic E-state index is 12.9. The molecule has 0 spiro atoms. The third kappa shape index (κ3) is 5.18. The Hall–Kier alpha value is -0.760. The molecule has 0 aliphatic carbocycles. The second-order valence-corrected chi connectivity index (χ2v) is 7.96. The zero-order chi connectivity index (χ0) is 16.3. The van der Waals surface area contributed by atoms with E-state index in [-0.39, 0.29) is 23.4 Å². The quantitative estimate of drug-likeness (QED) is 0.696. The molecule has 0 bridgehead atoms. The molecule has 1 aromatic carbocycles. The predicted octanol–water partition coefficient (Wildman–Crippen LogP) is 3.80. The number of halogens is 4. The van der Waals surface area contributed by atoms with E-state index in [9.17, 15) is 21.6 Å². The Balaban J connectivity index is 2.89. The molecule has 3 nitrogen and oxygen atoms in total. The predicted molar refractivity (Wildman–Crippen MR) is 78.5 cm³/mol. The van der Waals surface area contributed by atoms with Crippen LogP contribution in [-0.2, 0) is 21.3 Å². The SMILES string of the molecule is CC(C)S(=O)(=O)CCOc1ccc(CBr)cc1C(F)(F)F.